The van der Waals surface area contributed by atoms with E-state index < -0.39 is 5.97 Å². The molecule has 164 valence electrons. The summed E-state index contributed by atoms with van der Waals surface area (Å²) in [5.74, 6) is -1.66. The van der Waals surface area contributed by atoms with Gasteiger partial charge in [-0.25, -0.2) is 4.79 Å². The molecular formula is C23H20N2O6S. The monoisotopic (exact) mass is 452 g/mol. The molecule has 3 aromatic carbocycles. The summed E-state index contributed by atoms with van der Waals surface area (Å²) in [4.78, 5) is 36.1. The van der Waals surface area contributed by atoms with Gasteiger partial charge in [0.15, 0.2) is 6.61 Å². The highest BCUT2D eigenvalue weighted by atomic mass is 32.2. The number of nitrogens with one attached hydrogen (secondary N) is 2. The van der Waals surface area contributed by atoms with Crippen LogP contribution in [0.4, 0.5) is 11.4 Å². The molecule has 32 heavy (non-hydrogen) atoms. The van der Waals surface area contributed by atoms with E-state index in [4.69, 9.17) is 9.84 Å². The molecule has 2 amide bonds. The number of carboxylic acid groups (broad SMARTS) is 1. The second-order valence-corrected chi connectivity index (χ2v) is 7.60. The zero-order valence-electron chi connectivity index (χ0n) is 16.8. The van der Waals surface area contributed by atoms with Crippen molar-refractivity contribution >= 4 is 40.9 Å². The molecule has 0 unspecified atom stereocenters. The third kappa shape index (κ3) is 6.78. The Balaban J connectivity index is 1.50. The Hall–Kier alpha value is -3.98. The summed E-state index contributed by atoms with van der Waals surface area (Å²) in [6.45, 7) is -0.130. The fourth-order valence-corrected chi connectivity index (χ4v) is 3.41. The topological polar surface area (TPSA) is 125 Å². The number of aromatic carboxylic acids is 1. The third-order valence-corrected chi connectivity index (χ3v) is 5.11. The molecule has 0 saturated heterocycles. The fourth-order valence-electron chi connectivity index (χ4n) is 2.66. The number of carboxylic acids is 1. The van der Waals surface area contributed by atoms with Gasteiger partial charge in [-0.1, -0.05) is 24.3 Å². The largest absolute Gasteiger partial charge is 0.507 e. The van der Waals surface area contributed by atoms with Crippen molar-refractivity contribution in [3.8, 4) is 11.5 Å². The first kappa shape index (κ1) is 22.7. The van der Waals surface area contributed by atoms with Gasteiger partial charge in [0.05, 0.1) is 5.75 Å². The van der Waals surface area contributed by atoms with Gasteiger partial charge in [0.2, 0.25) is 5.91 Å². The summed E-state index contributed by atoms with van der Waals surface area (Å²) in [5.41, 5.74) is 0.544. The minimum atomic E-state index is -1.29. The van der Waals surface area contributed by atoms with Crippen LogP contribution in [-0.4, -0.2) is 40.4 Å². The molecule has 0 heterocycles. The molecule has 9 heteroatoms. The van der Waals surface area contributed by atoms with Gasteiger partial charge in [-0.3, -0.25) is 9.59 Å². The maximum atomic E-state index is 12.2. The first-order valence-electron chi connectivity index (χ1n) is 9.47. The van der Waals surface area contributed by atoms with Crippen LogP contribution in [0, 0.1) is 0 Å². The third-order valence-electron chi connectivity index (χ3n) is 4.11. The van der Waals surface area contributed by atoms with Crippen molar-refractivity contribution in [3.63, 3.8) is 0 Å². The molecule has 0 saturated carbocycles. The van der Waals surface area contributed by atoms with Crippen LogP contribution in [0.3, 0.4) is 0 Å². The number of anilines is 2. The molecule has 0 aliphatic heterocycles. The lowest BCUT2D eigenvalue weighted by molar-refractivity contribution is -0.118. The summed E-state index contributed by atoms with van der Waals surface area (Å²) >= 11 is 1.25. The number of benzene rings is 3. The Kier molecular flexibility index (Phi) is 7.71. The standard InChI is InChI=1S/C23H20N2O6S/c26-20-10-9-16(12-19(20)23(29)30)25-22(28)14-32-18-8-4-5-15(11-18)24-21(27)13-31-17-6-2-1-3-7-17/h1-12,26H,13-14H2,(H,24,27)(H,25,28)(H,29,30). The maximum absolute atomic E-state index is 12.2. The lowest BCUT2D eigenvalue weighted by atomic mass is 10.2. The minimum Gasteiger partial charge on any atom is -0.507 e. The van der Waals surface area contributed by atoms with Crippen LogP contribution in [-0.2, 0) is 9.59 Å². The predicted octanol–water partition coefficient (Wildman–Crippen LogP) is 3.84. The molecule has 0 aliphatic rings. The smallest absolute Gasteiger partial charge is 0.339 e. The lowest BCUT2D eigenvalue weighted by Crippen LogP contribution is -2.20. The summed E-state index contributed by atoms with van der Waals surface area (Å²) in [6, 6.07) is 19.8. The van der Waals surface area contributed by atoms with Gasteiger partial charge in [0.1, 0.15) is 17.1 Å². The maximum Gasteiger partial charge on any atom is 0.339 e. The van der Waals surface area contributed by atoms with Crippen molar-refractivity contribution in [3.05, 3.63) is 78.4 Å². The van der Waals surface area contributed by atoms with Crippen LogP contribution in [0.25, 0.3) is 0 Å². The molecule has 3 aromatic rings. The van der Waals surface area contributed by atoms with E-state index in [1.54, 1.807) is 36.4 Å². The van der Waals surface area contributed by atoms with E-state index in [0.29, 0.717) is 11.4 Å². The minimum absolute atomic E-state index is 0.0673. The second-order valence-electron chi connectivity index (χ2n) is 6.55. The molecule has 4 N–H and O–H groups in total. The predicted molar refractivity (Wildman–Crippen MR) is 121 cm³/mol. The summed E-state index contributed by atoms with van der Waals surface area (Å²) in [6.07, 6.45) is 0. The lowest BCUT2D eigenvalue weighted by Gasteiger charge is -2.09. The van der Waals surface area contributed by atoms with Gasteiger partial charge < -0.3 is 25.6 Å². The Bertz CT molecular complexity index is 1120. The molecule has 8 nitrogen and oxygen atoms in total. The normalized spacial score (nSPS) is 10.2. The highest BCUT2D eigenvalue weighted by Gasteiger charge is 2.12. The molecule has 0 aromatic heterocycles. The van der Waals surface area contributed by atoms with E-state index in [1.807, 2.05) is 18.2 Å². The van der Waals surface area contributed by atoms with Gasteiger partial charge in [-0.15, -0.1) is 11.8 Å². The number of aromatic hydroxyl groups is 1. The Morgan fingerprint density at radius 2 is 1.56 bits per heavy atom. The molecule has 0 spiro atoms. The highest BCUT2D eigenvalue weighted by Crippen LogP contribution is 2.24. The molecular weight excluding hydrogens is 432 g/mol. The molecule has 3 rings (SSSR count). The average Bonchev–Trinajstić information content (AvgIpc) is 2.78. The summed E-state index contributed by atoms with van der Waals surface area (Å²) < 4.78 is 5.41. The summed E-state index contributed by atoms with van der Waals surface area (Å²) in [5, 5.41) is 23.9. The number of carbonyl (C=O) groups is 3. The number of para-hydroxylation sites is 1. The average molecular weight is 452 g/mol. The van der Waals surface area contributed by atoms with Gasteiger partial charge in [-0.05, 0) is 48.5 Å². The summed E-state index contributed by atoms with van der Waals surface area (Å²) in [7, 11) is 0. The number of hydrogen-bond acceptors (Lipinski definition) is 6. The van der Waals surface area contributed by atoms with Crippen LogP contribution in [0.1, 0.15) is 10.4 Å². The van der Waals surface area contributed by atoms with Crippen molar-refractivity contribution in [2.75, 3.05) is 23.0 Å². The van der Waals surface area contributed by atoms with Crippen LogP contribution in [0.2, 0.25) is 0 Å². The van der Waals surface area contributed by atoms with Crippen molar-refractivity contribution < 1.29 is 29.3 Å². The van der Waals surface area contributed by atoms with E-state index >= 15 is 0 Å². The van der Waals surface area contributed by atoms with Gasteiger partial charge in [-0.2, -0.15) is 0 Å². The number of carbonyl (C=O) groups excluding carboxylic acids is 2. The molecule has 0 atom stereocenters. The second kappa shape index (κ2) is 10.9. The Labute approximate surface area is 188 Å². The molecule has 0 aliphatic carbocycles. The van der Waals surface area contributed by atoms with Gasteiger partial charge in [0.25, 0.3) is 5.91 Å². The van der Waals surface area contributed by atoms with Crippen molar-refractivity contribution in [2.24, 2.45) is 0 Å². The zero-order valence-corrected chi connectivity index (χ0v) is 17.6. The molecule has 0 radical (unpaired) electrons. The van der Waals surface area contributed by atoms with Crippen LogP contribution < -0.4 is 15.4 Å². The van der Waals surface area contributed by atoms with Gasteiger partial charge in [0, 0.05) is 16.3 Å². The van der Waals surface area contributed by atoms with E-state index in [-0.39, 0.29) is 41.2 Å². The Morgan fingerprint density at radius 3 is 2.31 bits per heavy atom. The molecule has 0 bridgehead atoms. The van der Waals surface area contributed by atoms with Crippen LogP contribution in [0.15, 0.2) is 77.7 Å². The molecule has 0 fully saturated rings. The van der Waals surface area contributed by atoms with Gasteiger partial charge >= 0.3 is 5.97 Å². The van der Waals surface area contributed by atoms with Crippen molar-refractivity contribution in [1.29, 1.82) is 0 Å². The number of amides is 2. The Morgan fingerprint density at radius 1 is 0.844 bits per heavy atom. The highest BCUT2D eigenvalue weighted by molar-refractivity contribution is 8.00. The fraction of sp³-hybridized carbons (Fsp3) is 0.0870. The number of phenols is 1. The SMILES string of the molecule is O=C(COc1ccccc1)Nc1cccc(SCC(=O)Nc2ccc(O)c(C(=O)O)c2)c1. The van der Waals surface area contributed by atoms with E-state index in [2.05, 4.69) is 10.6 Å². The first-order valence-corrected chi connectivity index (χ1v) is 10.5. The van der Waals surface area contributed by atoms with E-state index in [1.165, 1.54) is 30.0 Å². The number of ether oxygens (including phenoxy) is 1. The van der Waals surface area contributed by atoms with Crippen molar-refractivity contribution in [1.82, 2.24) is 0 Å². The van der Waals surface area contributed by atoms with Crippen LogP contribution in [0.5, 0.6) is 11.5 Å². The number of hydrogen-bond donors (Lipinski definition) is 4. The quantitative estimate of drug-likeness (QED) is 0.287. The first-order chi connectivity index (χ1) is 15.4. The van der Waals surface area contributed by atoms with E-state index in [9.17, 15) is 19.5 Å². The number of rotatable bonds is 9. The zero-order chi connectivity index (χ0) is 22.9. The number of thioether (sulfide) groups is 1. The van der Waals surface area contributed by atoms with Crippen molar-refractivity contribution in [2.45, 2.75) is 4.90 Å². The van der Waals surface area contributed by atoms with Crippen LogP contribution >= 0.6 is 11.8 Å². The van der Waals surface area contributed by atoms with E-state index in [0.717, 1.165) is 4.90 Å².